The Hall–Kier alpha value is -0.120. The zero-order valence-electron chi connectivity index (χ0n) is 4.80. The highest BCUT2D eigenvalue weighted by molar-refractivity contribution is 7.15. The predicted molar refractivity (Wildman–Crippen MR) is 39.9 cm³/mol. The Morgan fingerprint density at radius 2 is 2.56 bits per heavy atom. The molecule has 1 aromatic heterocycles. The van der Waals surface area contributed by atoms with Crippen LogP contribution in [0.5, 0.6) is 0 Å². The van der Waals surface area contributed by atoms with Crippen molar-refractivity contribution in [2.24, 2.45) is 5.73 Å². The van der Waals surface area contributed by atoms with Crippen LogP contribution in [0, 0.1) is 0 Å². The molecular formula is C5H7ClN2S. The van der Waals surface area contributed by atoms with Crippen molar-refractivity contribution < 1.29 is 0 Å². The number of nitrogens with two attached hydrogens (primary N) is 1. The van der Waals surface area contributed by atoms with E-state index < -0.39 is 0 Å². The molecule has 0 aliphatic rings. The van der Waals surface area contributed by atoms with Gasteiger partial charge in [0.2, 0.25) is 0 Å². The van der Waals surface area contributed by atoms with Gasteiger partial charge in [-0.2, -0.15) is 0 Å². The molecule has 1 rings (SSSR count). The SMILES string of the molecule is NCCc1ncc(Cl)s1. The molecule has 1 heterocycles. The van der Waals surface area contributed by atoms with Crippen LogP contribution >= 0.6 is 22.9 Å². The first-order chi connectivity index (χ1) is 4.33. The van der Waals surface area contributed by atoms with Crippen LogP contribution in [0.2, 0.25) is 4.34 Å². The van der Waals surface area contributed by atoms with Crippen LogP contribution in [0.25, 0.3) is 0 Å². The lowest BCUT2D eigenvalue weighted by atomic mass is 10.5. The molecule has 0 aliphatic carbocycles. The van der Waals surface area contributed by atoms with Crippen molar-refractivity contribution in [2.75, 3.05) is 6.54 Å². The fourth-order valence-corrected chi connectivity index (χ4v) is 1.50. The normalized spacial score (nSPS) is 10.0. The number of nitrogens with zero attached hydrogens (tertiary/aromatic N) is 1. The summed E-state index contributed by atoms with van der Waals surface area (Å²) in [4.78, 5) is 4.01. The summed E-state index contributed by atoms with van der Waals surface area (Å²) >= 11 is 7.10. The van der Waals surface area contributed by atoms with Gasteiger partial charge in [0.25, 0.3) is 0 Å². The van der Waals surface area contributed by atoms with Crippen molar-refractivity contribution in [3.8, 4) is 0 Å². The molecule has 1 aromatic rings. The van der Waals surface area contributed by atoms with Gasteiger partial charge in [-0.15, -0.1) is 11.3 Å². The van der Waals surface area contributed by atoms with E-state index in [0.29, 0.717) is 6.54 Å². The summed E-state index contributed by atoms with van der Waals surface area (Å²) in [5.74, 6) is 0. The molecule has 4 heteroatoms. The van der Waals surface area contributed by atoms with Gasteiger partial charge in [0, 0.05) is 6.42 Å². The van der Waals surface area contributed by atoms with Gasteiger partial charge in [0.05, 0.1) is 11.2 Å². The van der Waals surface area contributed by atoms with E-state index in [1.54, 1.807) is 6.20 Å². The molecule has 9 heavy (non-hydrogen) atoms. The van der Waals surface area contributed by atoms with Crippen LogP contribution in [-0.4, -0.2) is 11.5 Å². The van der Waals surface area contributed by atoms with Gasteiger partial charge < -0.3 is 5.73 Å². The molecule has 2 nitrogen and oxygen atoms in total. The molecule has 0 saturated carbocycles. The molecule has 0 aliphatic heterocycles. The van der Waals surface area contributed by atoms with Crippen molar-refractivity contribution in [2.45, 2.75) is 6.42 Å². The van der Waals surface area contributed by atoms with Crippen LogP contribution < -0.4 is 5.73 Å². The van der Waals surface area contributed by atoms with Crippen LogP contribution in [0.4, 0.5) is 0 Å². The number of thiazole rings is 1. The molecule has 0 bridgehead atoms. The van der Waals surface area contributed by atoms with Gasteiger partial charge in [-0.3, -0.25) is 0 Å². The largest absolute Gasteiger partial charge is 0.330 e. The summed E-state index contributed by atoms with van der Waals surface area (Å²) in [6, 6.07) is 0. The minimum absolute atomic E-state index is 0.643. The van der Waals surface area contributed by atoms with E-state index in [-0.39, 0.29) is 0 Å². The van der Waals surface area contributed by atoms with Crippen molar-refractivity contribution in [3.05, 3.63) is 15.5 Å². The fourth-order valence-electron chi connectivity index (χ4n) is 0.527. The smallest absolute Gasteiger partial charge is 0.113 e. The van der Waals surface area contributed by atoms with E-state index in [1.807, 2.05) is 0 Å². The van der Waals surface area contributed by atoms with Crippen molar-refractivity contribution in [1.29, 1.82) is 0 Å². The quantitative estimate of drug-likeness (QED) is 0.712. The zero-order chi connectivity index (χ0) is 6.69. The van der Waals surface area contributed by atoms with Crippen molar-refractivity contribution in [3.63, 3.8) is 0 Å². The second-order valence-electron chi connectivity index (χ2n) is 1.60. The molecule has 2 N–H and O–H groups in total. The van der Waals surface area contributed by atoms with Crippen molar-refractivity contribution >= 4 is 22.9 Å². The molecule has 0 fully saturated rings. The summed E-state index contributed by atoms with van der Waals surface area (Å²) in [6.45, 7) is 0.643. The van der Waals surface area contributed by atoms with E-state index in [9.17, 15) is 0 Å². The second kappa shape index (κ2) is 3.15. The Kier molecular flexibility index (Phi) is 2.45. The maximum absolute atomic E-state index is 5.61. The monoisotopic (exact) mass is 162 g/mol. The average molecular weight is 163 g/mol. The maximum atomic E-state index is 5.61. The van der Waals surface area contributed by atoms with Gasteiger partial charge in [0.1, 0.15) is 4.34 Å². The third-order valence-electron chi connectivity index (χ3n) is 0.884. The molecule has 0 unspecified atom stereocenters. The summed E-state index contributed by atoms with van der Waals surface area (Å²) in [7, 11) is 0. The van der Waals surface area contributed by atoms with E-state index in [2.05, 4.69) is 4.98 Å². The molecule has 50 valence electrons. The van der Waals surface area contributed by atoms with E-state index >= 15 is 0 Å². The first-order valence-corrected chi connectivity index (χ1v) is 3.82. The summed E-state index contributed by atoms with van der Waals surface area (Å²) in [6.07, 6.45) is 2.48. The molecule has 0 spiro atoms. The van der Waals surface area contributed by atoms with Crippen molar-refractivity contribution in [1.82, 2.24) is 4.98 Å². The number of aromatic nitrogens is 1. The number of hydrogen-bond donors (Lipinski definition) is 1. The second-order valence-corrected chi connectivity index (χ2v) is 3.34. The van der Waals surface area contributed by atoms with E-state index in [1.165, 1.54) is 11.3 Å². The van der Waals surface area contributed by atoms with Gasteiger partial charge in [-0.05, 0) is 6.54 Å². The first kappa shape index (κ1) is 6.99. The first-order valence-electron chi connectivity index (χ1n) is 2.63. The highest BCUT2D eigenvalue weighted by Gasteiger charge is 1.95. The highest BCUT2D eigenvalue weighted by atomic mass is 35.5. The van der Waals surface area contributed by atoms with Gasteiger partial charge in [-0.25, -0.2) is 4.98 Å². The van der Waals surface area contributed by atoms with Gasteiger partial charge >= 0.3 is 0 Å². The predicted octanol–water partition coefficient (Wildman–Crippen LogP) is 1.30. The number of halogens is 1. The lowest BCUT2D eigenvalue weighted by molar-refractivity contribution is 0.953. The molecule has 0 saturated heterocycles. The molecular weight excluding hydrogens is 156 g/mol. The Labute approximate surface area is 62.7 Å². The van der Waals surface area contributed by atoms with E-state index in [4.69, 9.17) is 17.3 Å². The Morgan fingerprint density at radius 3 is 3.00 bits per heavy atom. The molecule has 0 amide bonds. The Bertz CT molecular complexity index is 187. The standard InChI is InChI=1S/C5H7ClN2S/c6-4-3-8-5(9-4)1-2-7/h3H,1-2,7H2. The van der Waals surface area contributed by atoms with Crippen LogP contribution in [0.1, 0.15) is 5.01 Å². The molecule has 0 atom stereocenters. The Balaban J connectivity index is 2.61. The van der Waals surface area contributed by atoms with Crippen LogP contribution in [0.3, 0.4) is 0 Å². The minimum atomic E-state index is 0.643. The van der Waals surface area contributed by atoms with Crippen LogP contribution in [-0.2, 0) is 6.42 Å². The molecule has 0 aromatic carbocycles. The van der Waals surface area contributed by atoms with E-state index in [0.717, 1.165) is 15.8 Å². The fraction of sp³-hybridized carbons (Fsp3) is 0.400. The summed E-state index contributed by atoms with van der Waals surface area (Å²) in [5, 5.41) is 1.02. The lowest BCUT2D eigenvalue weighted by Gasteiger charge is -1.85. The zero-order valence-corrected chi connectivity index (χ0v) is 6.37. The van der Waals surface area contributed by atoms with Gasteiger partial charge in [0.15, 0.2) is 0 Å². The van der Waals surface area contributed by atoms with Crippen LogP contribution in [0.15, 0.2) is 6.20 Å². The lowest BCUT2D eigenvalue weighted by Crippen LogP contribution is -2.01. The third kappa shape index (κ3) is 1.93. The topological polar surface area (TPSA) is 38.9 Å². The third-order valence-corrected chi connectivity index (χ3v) is 2.06. The number of hydrogen-bond acceptors (Lipinski definition) is 3. The average Bonchev–Trinajstić information content (AvgIpc) is 2.17. The summed E-state index contributed by atoms with van der Waals surface area (Å²) < 4.78 is 0.735. The summed E-state index contributed by atoms with van der Waals surface area (Å²) in [5.41, 5.74) is 5.29. The number of rotatable bonds is 2. The Morgan fingerprint density at radius 1 is 1.78 bits per heavy atom. The minimum Gasteiger partial charge on any atom is -0.330 e. The highest BCUT2D eigenvalue weighted by Crippen LogP contribution is 2.17. The maximum Gasteiger partial charge on any atom is 0.113 e. The van der Waals surface area contributed by atoms with Gasteiger partial charge in [-0.1, -0.05) is 11.6 Å². The molecule has 0 radical (unpaired) electrons.